The van der Waals surface area contributed by atoms with Gasteiger partial charge in [0.15, 0.2) is 5.11 Å². The van der Waals surface area contributed by atoms with E-state index in [0.717, 1.165) is 42.7 Å². The number of benzene rings is 3. The van der Waals surface area contributed by atoms with Crippen molar-refractivity contribution < 1.29 is 19.4 Å². The van der Waals surface area contributed by atoms with Crippen LogP contribution in [0.5, 0.6) is 17.2 Å². The molecule has 41 heavy (non-hydrogen) atoms. The molecule has 0 radical (unpaired) electrons. The molecule has 8 heteroatoms. The SMILES string of the molecule is CC1(C)CCN2CCC(C)(C)c3c(O)c(/C=C4\C(=O)NC(=S)N(c5ccc(Oc6ccccc6)cc5)C4=O)cc1c32. The molecule has 0 unspecified atom stereocenters. The van der Waals surface area contributed by atoms with Gasteiger partial charge in [-0.2, -0.15) is 0 Å². The lowest BCUT2D eigenvalue weighted by molar-refractivity contribution is -0.122. The van der Waals surface area contributed by atoms with Crippen molar-refractivity contribution in [2.75, 3.05) is 22.9 Å². The zero-order chi connectivity index (χ0) is 29.1. The van der Waals surface area contributed by atoms with E-state index in [1.807, 2.05) is 36.4 Å². The highest BCUT2D eigenvalue weighted by molar-refractivity contribution is 7.80. The molecule has 3 aromatic rings. The van der Waals surface area contributed by atoms with Gasteiger partial charge in [-0.1, -0.05) is 45.9 Å². The van der Waals surface area contributed by atoms with E-state index in [2.05, 4.69) is 37.9 Å². The fourth-order valence-electron chi connectivity index (χ4n) is 6.04. The van der Waals surface area contributed by atoms with Crippen molar-refractivity contribution in [3.05, 3.63) is 82.9 Å². The Labute approximate surface area is 245 Å². The van der Waals surface area contributed by atoms with E-state index in [9.17, 15) is 14.7 Å². The number of hydrogen-bond donors (Lipinski definition) is 2. The first kappa shape index (κ1) is 27.0. The van der Waals surface area contributed by atoms with Crippen LogP contribution in [-0.2, 0) is 20.4 Å². The first-order chi connectivity index (χ1) is 19.5. The van der Waals surface area contributed by atoms with E-state index in [1.165, 1.54) is 11.0 Å². The number of nitrogens with zero attached hydrogens (tertiary/aromatic N) is 2. The van der Waals surface area contributed by atoms with Crippen LogP contribution < -0.4 is 19.9 Å². The van der Waals surface area contributed by atoms with Crippen molar-refractivity contribution in [1.82, 2.24) is 5.32 Å². The number of nitrogens with one attached hydrogen (secondary N) is 1. The minimum absolute atomic E-state index is 0.00320. The molecule has 0 saturated carbocycles. The van der Waals surface area contributed by atoms with Gasteiger partial charge in [-0.25, -0.2) is 0 Å². The van der Waals surface area contributed by atoms with Gasteiger partial charge in [-0.3, -0.25) is 19.8 Å². The summed E-state index contributed by atoms with van der Waals surface area (Å²) in [5.41, 5.74) is 3.58. The standard InChI is InChI=1S/C33H33N3O4S/c1-32(2)14-16-35-17-15-33(3,4)26-27(35)25(32)19-20(28(26)37)18-24-29(38)34-31(41)36(30(24)39)21-10-12-23(13-11-21)40-22-8-6-5-7-9-22/h5-13,18-19,37H,14-17H2,1-4H3,(H,34,38,41)/b24-18+. The van der Waals surface area contributed by atoms with Crippen LogP contribution in [0.15, 0.2) is 66.2 Å². The van der Waals surface area contributed by atoms with Crippen molar-refractivity contribution in [2.24, 2.45) is 0 Å². The monoisotopic (exact) mass is 567 g/mol. The van der Waals surface area contributed by atoms with Crippen molar-refractivity contribution in [3.63, 3.8) is 0 Å². The molecule has 3 aliphatic rings. The van der Waals surface area contributed by atoms with Crippen LogP contribution in [0.2, 0.25) is 0 Å². The second-order valence-electron chi connectivity index (χ2n) is 12.2. The number of amides is 2. The lowest BCUT2D eigenvalue weighted by Crippen LogP contribution is -2.54. The summed E-state index contributed by atoms with van der Waals surface area (Å²) in [7, 11) is 0. The number of phenols is 1. The molecule has 0 aromatic heterocycles. The van der Waals surface area contributed by atoms with E-state index >= 15 is 0 Å². The van der Waals surface area contributed by atoms with Gasteiger partial charge in [-0.15, -0.1) is 0 Å². The van der Waals surface area contributed by atoms with E-state index in [1.54, 1.807) is 24.3 Å². The Bertz CT molecular complexity index is 1610. The summed E-state index contributed by atoms with van der Waals surface area (Å²) in [5, 5.41) is 14.3. The molecular formula is C33H33N3O4S. The Morgan fingerprint density at radius 2 is 1.56 bits per heavy atom. The van der Waals surface area contributed by atoms with Crippen LogP contribution >= 0.6 is 12.2 Å². The van der Waals surface area contributed by atoms with Crippen molar-refractivity contribution in [1.29, 1.82) is 0 Å². The van der Waals surface area contributed by atoms with Crippen molar-refractivity contribution in [2.45, 2.75) is 51.4 Å². The van der Waals surface area contributed by atoms with Crippen LogP contribution in [-0.4, -0.2) is 35.1 Å². The Morgan fingerprint density at radius 1 is 0.927 bits per heavy atom. The third-order valence-corrected chi connectivity index (χ3v) is 8.80. The largest absolute Gasteiger partial charge is 0.507 e. The Kier molecular flexibility index (Phi) is 6.41. The quantitative estimate of drug-likeness (QED) is 0.223. The van der Waals surface area contributed by atoms with Crippen LogP contribution in [0.4, 0.5) is 11.4 Å². The Hall–Kier alpha value is -4.17. The zero-order valence-corrected chi connectivity index (χ0v) is 24.5. The molecule has 0 spiro atoms. The average molecular weight is 568 g/mol. The molecule has 1 saturated heterocycles. The highest BCUT2D eigenvalue weighted by atomic mass is 32.1. The summed E-state index contributed by atoms with van der Waals surface area (Å²) in [6, 6.07) is 18.3. The first-order valence-electron chi connectivity index (χ1n) is 13.9. The van der Waals surface area contributed by atoms with E-state index in [4.69, 9.17) is 17.0 Å². The number of phenolic OH excluding ortho intramolecular Hbond substituents is 1. The minimum atomic E-state index is -0.591. The molecule has 7 nitrogen and oxygen atoms in total. The van der Waals surface area contributed by atoms with E-state index in [-0.39, 0.29) is 27.3 Å². The number of rotatable bonds is 4. The lowest BCUT2D eigenvalue weighted by atomic mass is 9.68. The van der Waals surface area contributed by atoms with E-state index < -0.39 is 11.8 Å². The number of hydrogen-bond acceptors (Lipinski definition) is 6. The summed E-state index contributed by atoms with van der Waals surface area (Å²) < 4.78 is 5.87. The molecule has 3 aliphatic heterocycles. The summed E-state index contributed by atoms with van der Waals surface area (Å²) >= 11 is 5.40. The maximum Gasteiger partial charge on any atom is 0.270 e. The van der Waals surface area contributed by atoms with Gasteiger partial charge in [0.1, 0.15) is 22.8 Å². The number of anilines is 2. The maximum atomic E-state index is 13.8. The van der Waals surface area contributed by atoms with Gasteiger partial charge in [0, 0.05) is 29.9 Å². The van der Waals surface area contributed by atoms with Gasteiger partial charge >= 0.3 is 0 Å². The molecule has 2 N–H and O–H groups in total. The first-order valence-corrected chi connectivity index (χ1v) is 14.3. The van der Waals surface area contributed by atoms with Crippen LogP contribution in [0.1, 0.15) is 57.2 Å². The second-order valence-corrected chi connectivity index (χ2v) is 12.6. The number of carbonyl (C=O) groups is 2. The fraction of sp³-hybridized carbons (Fsp3) is 0.303. The predicted molar refractivity (Wildman–Crippen MR) is 165 cm³/mol. The van der Waals surface area contributed by atoms with Crippen LogP contribution in [0.25, 0.3) is 6.08 Å². The van der Waals surface area contributed by atoms with Crippen molar-refractivity contribution >= 4 is 46.6 Å². The third-order valence-electron chi connectivity index (χ3n) is 8.51. The van der Waals surface area contributed by atoms with Crippen molar-refractivity contribution in [3.8, 4) is 17.2 Å². The van der Waals surface area contributed by atoms with E-state index in [0.29, 0.717) is 22.7 Å². The molecule has 3 aromatic carbocycles. The molecule has 0 bridgehead atoms. The third kappa shape index (κ3) is 4.66. The van der Waals surface area contributed by atoms with Gasteiger partial charge < -0.3 is 14.7 Å². The summed E-state index contributed by atoms with van der Waals surface area (Å²) in [6.07, 6.45) is 3.39. The molecule has 1 fully saturated rings. The zero-order valence-electron chi connectivity index (χ0n) is 23.7. The molecular weight excluding hydrogens is 534 g/mol. The Morgan fingerprint density at radius 3 is 2.24 bits per heavy atom. The summed E-state index contributed by atoms with van der Waals surface area (Å²) in [5.74, 6) is 0.266. The van der Waals surface area contributed by atoms with Crippen LogP contribution in [0.3, 0.4) is 0 Å². The topological polar surface area (TPSA) is 82.1 Å². The molecule has 6 rings (SSSR count). The second kappa shape index (κ2) is 9.73. The van der Waals surface area contributed by atoms with Crippen LogP contribution in [0, 0.1) is 0 Å². The molecule has 3 heterocycles. The lowest BCUT2D eigenvalue weighted by Gasteiger charge is -2.48. The fourth-order valence-corrected chi connectivity index (χ4v) is 6.32. The number of para-hydroxylation sites is 1. The molecule has 210 valence electrons. The average Bonchev–Trinajstić information content (AvgIpc) is 2.92. The maximum absolute atomic E-state index is 13.8. The van der Waals surface area contributed by atoms with Gasteiger partial charge in [0.05, 0.1) is 5.69 Å². The predicted octanol–water partition coefficient (Wildman–Crippen LogP) is 6.18. The van der Waals surface area contributed by atoms with Gasteiger partial charge in [-0.05, 0) is 90.0 Å². The highest BCUT2D eigenvalue weighted by Gasteiger charge is 2.43. The van der Waals surface area contributed by atoms with Gasteiger partial charge in [0.25, 0.3) is 11.8 Å². The molecule has 0 aliphatic carbocycles. The normalized spacial score (nSPS) is 20.1. The number of aromatic hydroxyl groups is 1. The molecule has 2 amide bonds. The number of thiocarbonyl (C=S) groups is 1. The highest BCUT2D eigenvalue weighted by Crippen LogP contribution is 2.53. The number of ether oxygens (including phenoxy) is 1. The smallest absolute Gasteiger partial charge is 0.270 e. The Balaban J connectivity index is 1.39. The number of carbonyl (C=O) groups excluding carboxylic acids is 2. The molecule has 0 atom stereocenters. The summed E-state index contributed by atoms with van der Waals surface area (Å²) in [4.78, 5) is 30.5. The van der Waals surface area contributed by atoms with Gasteiger partial charge in [0.2, 0.25) is 0 Å². The summed E-state index contributed by atoms with van der Waals surface area (Å²) in [6.45, 7) is 10.6. The minimum Gasteiger partial charge on any atom is -0.507 e.